The van der Waals surface area contributed by atoms with Crippen LogP contribution in [0, 0.1) is 0 Å². The van der Waals surface area contributed by atoms with Crippen LogP contribution in [0.2, 0.25) is 0 Å². The molecule has 0 saturated heterocycles. The monoisotopic (exact) mass is 220 g/mol. The highest BCUT2D eigenvalue weighted by atomic mass is 31.2. The third kappa shape index (κ3) is 9.15. The van der Waals surface area contributed by atoms with E-state index in [2.05, 4.69) is 11.1 Å². The summed E-state index contributed by atoms with van der Waals surface area (Å²) in [6.45, 7) is 4.52. The van der Waals surface area contributed by atoms with Gasteiger partial charge in [-0.2, -0.15) is 0 Å². The molecule has 0 fully saturated rings. The minimum absolute atomic E-state index is 0.890. The summed E-state index contributed by atoms with van der Waals surface area (Å²) in [4.78, 5) is 22.9. The molecule has 80 valence electrons. The van der Waals surface area contributed by atoms with Crippen molar-refractivity contribution in [3.8, 4) is 0 Å². The Labute approximate surface area is 82.0 Å². The molecule has 0 radical (unpaired) electrons. The van der Waals surface area contributed by atoms with Gasteiger partial charge in [-0.3, -0.25) is 4.57 Å². The van der Waals surface area contributed by atoms with E-state index < -0.39 is 7.82 Å². The summed E-state index contributed by atoms with van der Waals surface area (Å²) < 4.78 is 12.8. The molecule has 1 aromatic heterocycles. The molecular formula is C7H13N2O4P. The summed E-state index contributed by atoms with van der Waals surface area (Å²) in [6, 6.07) is 0. The van der Waals surface area contributed by atoms with Gasteiger partial charge in [-0.1, -0.05) is 12.7 Å². The number of imidazole rings is 1. The standard InChI is InChI=1S/C7H11N2.H3O4P/c1-3-4-9-6-5-8(2)7-9;1-5(2,3)4/h3,5-7H,1,4H2,2H3;(H3,1,2,3,4)/q+1;/p-1. The van der Waals surface area contributed by atoms with Crippen molar-refractivity contribution in [3.63, 3.8) is 0 Å². The molecular weight excluding hydrogens is 207 g/mol. The van der Waals surface area contributed by atoms with E-state index in [1.54, 1.807) is 0 Å². The fourth-order valence-corrected chi connectivity index (χ4v) is 0.759. The molecule has 1 heterocycles. The second-order valence-corrected chi connectivity index (χ2v) is 3.54. The molecule has 0 amide bonds. The first kappa shape index (κ1) is 13.1. The maximum absolute atomic E-state index is 8.77. The lowest BCUT2D eigenvalue weighted by molar-refractivity contribution is -0.671. The van der Waals surface area contributed by atoms with Crippen molar-refractivity contribution in [2.45, 2.75) is 6.54 Å². The molecule has 0 unspecified atom stereocenters. The summed E-state index contributed by atoms with van der Waals surface area (Å²) >= 11 is 0. The molecule has 6 nitrogen and oxygen atoms in total. The van der Waals surface area contributed by atoms with Gasteiger partial charge in [0.25, 0.3) is 7.82 Å². The van der Waals surface area contributed by atoms with Crippen LogP contribution in [-0.4, -0.2) is 14.4 Å². The van der Waals surface area contributed by atoms with Crippen molar-refractivity contribution in [1.29, 1.82) is 0 Å². The van der Waals surface area contributed by atoms with E-state index >= 15 is 0 Å². The zero-order valence-corrected chi connectivity index (χ0v) is 8.67. The highest BCUT2D eigenvalue weighted by Crippen LogP contribution is 2.18. The molecule has 0 bridgehead atoms. The summed E-state index contributed by atoms with van der Waals surface area (Å²) in [7, 11) is -2.89. The van der Waals surface area contributed by atoms with E-state index in [1.807, 2.05) is 36.4 Å². The zero-order valence-electron chi connectivity index (χ0n) is 7.78. The van der Waals surface area contributed by atoms with Gasteiger partial charge in [-0.05, 0) is 0 Å². The van der Waals surface area contributed by atoms with Gasteiger partial charge in [0.2, 0.25) is 6.33 Å². The number of hydrogen-bond donors (Lipinski definition) is 2. The smallest absolute Gasteiger partial charge is 0.262 e. The lowest BCUT2D eigenvalue weighted by Crippen LogP contribution is -2.23. The second-order valence-electron chi connectivity index (χ2n) is 2.56. The number of phosphoric acid groups is 1. The van der Waals surface area contributed by atoms with Crippen molar-refractivity contribution in [3.05, 3.63) is 31.4 Å². The Bertz CT molecular complexity index is 322. The third-order valence-corrected chi connectivity index (χ3v) is 1.16. The molecule has 1 rings (SSSR count). The Kier molecular flexibility index (Phi) is 5.34. The van der Waals surface area contributed by atoms with E-state index in [0.717, 1.165) is 6.54 Å². The molecule has 0 aliphatic rings. The Hall–Kier alpha value is -0.940. The first-order valence-electron chi connectivity index (χ1n) is 3.71. The number of aromatic nitrogens is 2. The van der Waals surface area contributed by atoms with Gasteiger partial charge in [-0.15, -0.1) is 0 Å². The molecule has 0 saturated carbocycles. The summed E-state index contributed by atoms with van der Waals surface area (Å²) in [6.07, 6.45) is 7.91. The molecule has 0 aromatic carbocycles. The van der Waals surface area contributed by atoms with Crippen molar-refractivity contribution < 1.29 is 23.8 Å². The molecule has 1 aromatic rings. The van der Waals surface area contributed by atoms with Crippen molar-refractivity contribution in [2.24, 2.45) is 7.05 Å². The topological polar surface area (TPSA) is 89.4 Å². The Morgan fingerprint density at radius 1 is 1.71 bits per heavy atom. The Balaban J connectivity index is 0.000000292. The lowest BCUT2D eigenvalue weighted by Gasteiger charge is -2.01. The first-order valence-corrected chi connectivity index (χ1v) is 5.24. The van der Waals surface area contributed by atoms with Crippen LogP contribution in [0.1, 0.15) is 0 Å². The van der Waals surface area contributed by atoms with Gasteiger partial charge in [0.15, 0.2) is 0 Å². The van der Waals surface area contributed by atoms with Crippen LogP contribution in [0.25, 0.3) is 0 Å². The molecule has 0 spiro atoms. The van der Waals surface area contributed by atoms with Crippen LogP contribution in [0.15, 0.2) is 31.4 Å². The summed E-state index contributed by atoms with van der Waals surface area (Å²) in [5.41, 5.74) is 0. The van der Waals surface area contributed by atoms with E-state index in [1.165, 1.54) is 0 Å². The zero-order chi connectivity index (χ0) is 11.2. The van der Waals surface area contributed by atoms with Gasteiger partial charge < -0.3 is 14.7 Å². The van der Waals surface area contributed by atoms with Gasteiger partial charge >= 0.3 is 0 Å². The SMILES string of the molecule is C=CCn1cc[n+](C)c1.O=P([O-])(O)O. The Morgan fingerprint density at radius 3 is 2.50 bits per heavy atom. The minimum atomic E-state index is -4.89. The second kappa shape index (κ2) is 5.72. The molecule has 0 atom stereocenters. The van der Waals surface area contributed by atoms with Crippen LogP contribution < -0.4 is 9.46 Å². The normalized spacial score (nSPS) is 10.3. The largest absolute Gasteiger partial charge is 0.756 e. The van der Waals surface area contributed by atoms with E-state index in [-0.39, 0.29) is 0 Å². The Morgan fingerprint density at radius 2 is 2.21 bits per heavy atom. The van der Waals surface area contributed by atoms with Gasteiger partial charge in [0, 0.05) is 0 Å². The maximum Gasteiger partial charge on any atom is 0.262 e. The van der Waals surface area contributed by atoms with Crippen molar-refractivity contribution >= 4 is 7.82 Å². The van der Waals surface area contributed by atoms with Crippen LogP contribution >= 0.6 is 7.82 Å². The van der Waals surface area contributed by atoms with Crippen molar-refractivity contribution in [1.82, 2.24) is 4.57 Å². The lowest BCUT2D eigenvalue weighted by atomic mass is 10.6. The quantitative estimate of drug-likeness (QED) is 0.377. The van der Waals surface area contributed by atoms with E-state index in [9.17, 15) is 0 Å². The predicted molar refractivity (Wildman–Crippen MR) is 47.8 cm³/mol. The van der Waals surface area contributed by atoms with Crippen LogP contribution in [0.5, 0.6) is 0 Å². The molecule has 7 heteroatoms. The van der Waals surface area contributed by atoms with E-state index in [4.69, 9.17) is 19.2 Å². The molecule has 0 aliphatic heterocycles. The van der Waals surface area contributed by atoms with Crippen LogP contribution in [0.3, 0.4) is 0 Å². The maximum atomic E-state index is 8.77. The summed E-state index contributed by atoms with van der Waals surface area (Å²) in [5, 5.41) is 0. The van der Waals surface area contributed by atoms with Gasteiger partial charge in [0.1, 0.15) is 18.9 Å². The van der Waals surface area contributed by atoms with Gasteiger partial charge in [-0.25, -0.2) is 9.13 Å². The van der Waals surface area contributed by atoms with Crippen molar-refractivity contribution in [2.75, 3.05) is 0 Å². The van der Waals surface area contributed by atoms with Crippen LogP contribution in [-0.2, 0) is 18.2 Å². The minimum Gasteiger partial charge on any atom is -0.756 e. The number of aryl methyl sites for hydroxylation is 1. The number of rotatable bonds is 2. The number of hydrogen-bond acceptors (Lipinski definition) is 2. The molecule has 14 heavy (non-hydrogen) atoms. The number of nitrogens with zero attached hydrogens (tertiary/aromatic N) is 2. The highest BCUT2D eigenvalue weighted by molar-refractivity contribution is 7.43. The fraction of sp³-hybridized carbons (Fsp3) is 0.286. The average Bonchev–Trinajstić information content (AvgIpc) is 2.32. The number of allylic oxidation sites excluding steroid dienone is 1. The first-order chi connectivity index (χ1) is 6.33. The summed E-state index contributed by atoms with van der Waals surface area (Å²) in [5.74, 6) is 0. The van der Waals surface area contributed by atoms with Gasteiger partial charge in [0.05, 0.1) is 7.05 Å². The van der Waals surface area contributed by atoms with E-state index in [0.29, 0.717) is 0 Å². The van der Waals surface area contributed by atoms with Crippen LogP contribution in [0.4, 0.5) is 0 Å². The highest BCUT2D eigenvalue weighted by Gasteiger charge is 1.93. The average molecular weight is 220 g/mol. The molecule has 0 aliphatic carbocycles. The fourth-order valence-electron chi connectivity index (χ4n) is 0.759. The molecule has 2 N–H and O–H groups in total. The predicted octanol–water partition coefficient (Wildman–Crippen LogP) is -1.06. The third-order valence-electron chi connectivity index (χ3n) is 1.16.